The quantitative estimate of drug-likeness (QED) is 0.584. The summed E-state index contributed by atoms with van der Waals surface area (Å²) in [6.45, 7) is 1.40. The molecular weight excluding hydrogens is 210 g/mol. The first-order valence-electron chi connectivity index (χ1n) is 4.90. The molecule has 0 aliphatic carbocycles. The van der Waals surface area contributed by atoms with Gasteiger partial charge in [-0.2, -0.15) is 0 Å². The smallest absolute Gasteiger partial charge is 0.335 e. The number of hydrogen-bond donors (Lipinski definition) is 4. The van der Waals surface area contributed by atoms with Crippen LogP contribution in [0.2, 0.25) is 0 Å². The minimum absolute atomic E-state index is 0.184. The molecule has 0 amide bonds. The lowest BCUT2D eigenvalue weighted by atomic mass is 10.1. The number of carbonyl (C=O) groups is 1. The molecule has 0 atom stereocenters. The van der Waals surface area contributed by atoms with Gasteiger partial charge in [0.15, 0.2) is 0 Å². The van der Waals surface area contributed by atoms with Crippen molar-refractivity contribution >= 4 is 11.7 Å². The summed E-state index contributed by atoms with van der Waals surface area (Å²) in [6.07, 6.45) is 0. The number of carboxylic acid groups (broad SMARTS) is 1. The van der Waals surface area contributed by atoms with Gasteiger partial charge >= 0.3 is 5.97 Å². The highest BCUT2D eigenvalue weighted by atomic mass is 16.4. The van der Waals surface area contributed by atoms with Crippen LogP contribution in [0.15, 0.2) is 18.2 Å². The molecule has 0 saturated carbocycles. The van der Waals surface area contributed by atoms with Crippen molar-refractivity contribution in [2.45, 2.75) is 13.0 Å². The molecule has 0 spiro atoms. The van der Waals surface area contributed by atoms with E-state index in [9.17, 15) is 4.79 Å². The highest BCUT2D eigenvalue weighted by Gasteiger charge is 2.09. The molecule has 0 aromatic heterocycles. The number of aliphatic hydroxyl groups is 2. The van der Waals surface area contributed by atoms with Crippen molar-refractivity contribution in [2.24, 2.45) is 0 Å². The number of rotatable bonds is 5. The zero-order chi connectivity index (χ0) is 12.1. The maximum Gasteiger partial charge on any atom is 0.335 e. The van der Waals surface area contributed by atoms with E-state index in [4.69, 9.17) is 15.3 Å². The molecule has 5 nitrogen and oxygen atoms in total. The van der Waals surface area contributed by atoms with Gasteiger partial charge in [0.25, 0.3) is 0 Å². The minimum atomic E-state index is -0.976. The van der Waals surface area contributed by atoms with Crippen LogP contribution in [-0.2, 0) is 0 Å². The van der Waals surface area contributed by atoms with E-state index in [2.05, 4.69) is 5.32 Å². The Morgan fingerprint density at radius 2 is 2.00 bits per heavy atom. The molecule has 0 heterocycles. The topological polar surface area (TPSA) is 89.8 Å². The number of aryl methyl sites for hydroxylation is 1. The molecule has 88 valence electrons. The van der Waals surface area contributed by atoms with E-state index in [0.717, 1.165) is 5.56 Å². The molecule has 5 heteroatoms. The van der Waals surface area contributed by atoms with Crippen LogP contribution in [0.3, 0.4) is 0 Å². The van der Waals surface area contributed by atoms with Gasteiger partial charge in [0.05, 0.1) is 24.8 Å². The molecule has 0 unspecified atom stereocenters. The van der Waals surface area contributed by atoms with Gasteiger partial charge < -0.3 is 20.6 Å². The molecule has 16 heavy (non-hydrogen) atoms. The molecule has 0 radical (unpaired) electrons. The molecule has 1 aromatic rings. The van der Waals surface area contributed by atoms with Gasteiger partial charge in [-0.05, 0) is 30.7 Å². The number of carboxylic acids is 1. The van der Waals surface area contributed by atoms with Crippen LogP contribution in [0.25, 0.3) is 0 Å². The summed E-state index contributed by atoms with van der Waals surface area (Å²) in [5.74, 6) is -0.976. The van der Waals surface area contributed by atoms with E-state index in [1.165, 1.54) is 12.1 Å². The highest BCUT2D eigenvalue weighted by Crippen LogP contribution is 2.17. The fourth-order valence-corrected chi connectivity index (χ4v) is 1.33. The highest BCUT2D eigenvalue weighted by molar-refractivity contribution is 5.88. The van der Waals surface area contributed by atoms with Crippen LogP contribution in [0, 0.1) is 6.92 Å². The molecule has 0 bridgehead atoms. The zero-order valence-corrected chi connectivity index (χ0v) is 8.97. The third kappa shape index (κ3) is 2.95. The SMILES string of the molecule is Cc1cc(C(=O)O)ccc1NC(CO)CO. The average molecular weight is 225 g/mol. The van der Waals surface area contributed by atoms with Crippen LogP contribution in [0.5, 0.6) is 0 Å². The zero-order valence-electron chi connectivity index (χ0n) is 8.97. The Bertz CT molecular complexity index is 374. The van der Waals surface area contributed by atoms with Crippen molar-refractivity contribution in [3.8, 4) is 0 Å². The summed E-state index contributed by atoms with van der Waals surface area (Å²) in [7, 11) is 0. The Kier molecular flexibility index (Phi) is 4.28. The second-order valence-electron chi connectivity index (χ2n) is 3.54. The number of anilines is 1. The number of nitrogens with one attached hydrogen (secondary N) is 1. The summed E-state index contributed by atoms with van der Waals surface area (Å²) >= 11 is 0. The first kappa shape index (κ1) is 12.5. The van der Waals surface area contributed by atoms with Crippen molar-refractivity contribution in [3.63, 3.8) is 0 Å². The first-order chi connectivity index (χ1) is 7.58. The van der Waals surface area contributed by atoms with Gasteiger partial charge in [-0.1, -0.05) is 0 Å². The van der Waals surface area contributed by atoms with Crippen molar-refractivity contribution in [2.75, 3.05) is 18.5 Å². The lowest BCUT2D eigenvalue weighted by Crippen LogP contribution is -2.28. The maximum absolute atomic E-state index is 10.7. The molecule has 0 aliphatic rings. The van der Waals surface area contributed by atoms with E-state index in [0.29, 0.717) is 5.69 Å². The van der Waals surface area contributed by atoms with Gasteiger partial charge in [0.2, 0.25) is 0 Å². The largest absolute Gasteiger partial charge is 0.478 e. The predicted molar refractivity (Wildman–Crippen MR) is 59.7 cm³/mol. The van der Waals surface area contributed by atoms with Gasteiger partial charge in [-0.15, -0.1) is 0 Å². The van der Waals surface area contributed by atoms with E-state index in [1.54, 1.807) is 13.0 Å². The first-order valence-corrected chi connectivity index (χ1v) is 4.90. The van der Waals surface area contributed by atoms with E-state index in [-0.39, 0.29) is 18.8 Å². The summed E-state index contributed by atoms with van der Waals surface area (Å²) in [5, 5.41) is 29.5. The summed E-state index contributed by atoms with van der Waals surface area (Å²) < 4.78 is 0. The molecule has 1 aromatic carbocycles. The van der Waals surface area contributed by atoms with Gasteiger partial charge in [0, 0.05) is 5.69 Å². The molecule has 0 aliphatic heterocycles. The number of aliphatic hydroxyl groups excluding tert-OH is 2. The Labute approximate surface area is 93.4 Å². The van der Waals surface area contributed by atoms with Crippen molar-refractivity contribution in [3.05, 3.63) is 29.3 Å². The molecule has 0 fully saturated rings. The van der Waals surface area contributed by atoms with E-state index < -0.39 is 12.0 Å². The summed E-state index contributed by atoms with van der Waals surface area (Å²) in [5.41, 5.74) is 1.68. The monoisotopic (exact) mass is 225 g/mol. The fourth-order valence-electron chi connectivity index (χ4n) is 1.33. The molecule has 0 saturated heterocycles. The van der Waals surface area contributed by atoms with Crippen molar-refractivity contribution in [1.29, 1.82) is 0 Å². The average Bonchev–Trinajstić information content (AvgIpc) is 2.27. The summed E-state index contributed by atoms with van der Waals surface area (Å²) in [4.78, 5) is 10.7. The second-order valence-corrected chi connectivity index (χ2v) is 3.54. The second kappa shape index (κ2) is 5.48. The third-order valence-corrected chi connectivity index (χ3v) is 2.27. The normalized spacial score (nSPS) is 10.5. The van der Waals surface area contributed by atoms with Crippen LogP contribution >= 0.6 is 0 Å². The van der Waals surface area contributed by atoms with Gasteiger partial charge in [0.1, 0.15) is 0 Å². The lowest BCUT2D eigenvalue weighted by molar-refractivity contribution is 0.0697. The summed E-state index contributed by atoms with van der Waals surface area (Å²) in [6, 6.07) is 4.20. The van der Waals surface area contributed by atoms with Gasteiger partial charge in [-0.3, -0.25) is 0 Å². The molecule has 4 N–H and O–H groups in total. The Morgan fingerprint density at radius 1 is 1.38 bits per heavy atom. The fraction of sp³-hybridized carbons (Fsp3) is 0.364. The number of benzene rings is 1. The lowest BCUT2D eigenvalue weighted by Gasteiger charge is -2.16. The van der Waals surface area contributed by atoms with Crippen LogP contribution < -0.4 is 5.32 Å². The van der Waals surface area contributed by atoms with E-state index >= 15 is 0 Å². The third-order valence-electron chi connectivity index (χ3n) is 2.27. The van der Waals surface area contributed by atoms with Crippen molar-refractivity contribution < 1.29 is 20.1 Å². The number of hydrogen-bond acceptors (Lipinski definition) is 4. The van der Waals surface area contributed by atoms with Gasteiger partial charge in [-0.25, -0.2) is 4.79 Å². The maximum atomic E-state index is 10.7. The van der Waals surface area contributed by atoms with Crippen LogP contribution in [0.4, 0.5) is 5.69 Å². The predicted octanol–water partition coefficient (Wildman–Crippen LogP) is 0.458. The molecule has 1 rings (SSSR count). The number of aromatic carboxylic acids is 1. The standard InChI is InChI=1S/C11H15NO4/c1-7-4-8(11(15)16)2-3-10(7)12-9(5-13)6-14/h2-4,9,12-14H,5-6H2,1H3,(H,15,16). The van der Waals surface area contributed by atoms with Crippen LogP contribution in [-0.4, -0.2) is 40.5 Å². The Balaban J connectivity index is 2.86. The van der Waals surface area contributed by atoms with Crippen molar-refractivity contribution in [1.82, 2.24) is 0 Å². The minimum Gasteiger partial charge on any atom is -0.478 e. The molecular formula is C11H15NO4. The Morgan fingerprint density at radius 3 is 2.44 bits per heavy atom. The van der Waals surface area contributed by atoms with E-state index in [1.807, 2.05) is 0 Å². The van der Waals surface area contributed by atoms with Crippen LogP contribution in [0.1, 0.15) is 15.9 Å². The Hall–Kier alpha value is -1.59.